The minimum atomic E-state index is -0.575. The number of ether oxygens (including phenoxy) is 3. The first-order valence-corrected chi connectivity index (χ1v) is 13.9. The van der Waals surface area contributed by atoms with E-state index in [1.807, 2.05) is 49.4 Å². The van der Waals surface area contributed by atoms with E-state index in [1.54, 1.807) is 30.3 Å². The van der Waals surface area contributed by atoms with E-state index in [1.165, 1.54) is 33.5 Å². The molecule has 232 valence electrons. The Kier molecular flexibility index (Phi) is 10.8. The molecule has 0 aliphatic carbocycles. The molecule has 4 aromatic carbocycles. The molecule has 2 amide bonds. The molecule has 45 heavy (non-hydrogen) atoms. The molecule has 0 aromatic heterocycles. The number of nitrogens with two attached hydrogens (primary N) is 2. The standard InChI is InChI=1S/C34H36N6O5/c1-22-13-18-27(40(36)34(39-35)38-33(42)26-19-29(43-2)31(45-4)30(20-26)44-3)21-28(22)37-32(41)25-16-14-24(15-17-25)12-8-11-23-9-6-5-7-10-23/h5-11,13-21H,12,35-36H2,1-4H3,(H,37,41)(H,38,39,42)/b11-8+. The van der Waals surface area contributed by atoms with Gasteiger partial charge in [-0.15, -0.1) is 5.10 Å². The molecule has 11 heteroatoms. The smallest absolute Gasteiger partial charge is 0.258 e. The summed E-state index contributed by atoms with van der Waals surface area (Å²) in [6, 6.07) is 25.6. The molecule has 0 aliphatic heterocycles. The molecule has 0 bridgehead atoms. The second-order valence-electron chi connectivity index (χ2n) is 9.86. The van der Waals surface area contributed by atoms with Crippen molar-refractivity contribution in [3.8, 4) is 17.2 Å². The molecular formula is C34H36N6O5. The van der Waals surface area contributed by atoms with Crippen LogP contribution in [0.5, 0.6) is 17.2 Å². The number of hydrazone groups is 1. The highest BCUT2D eigenvalue weighted by molar-refractivity contribution is 6.11. The second-order valence-corrected chi connectivity index (χ2v) is 9.86. The van der Waals surface area contributed by atoms with Crippen molar-refractivity contribution in [2.45, 2.75) is 13.3 Å². The lowest BCUT2D eigenvalue weighted by Gasteiger charge is -2.22. The molecule has 6 N–H and O–H groups in total. The van der Waals surface area contributed by atoms with Crippen LogP contribution in [0.1, 0.15) is 37.4 Å². The molecular weight excluding hydrogens is 572 g/mol. The Morgan fingerprint density at radius 3 is 2.11 bits per heavy atom. The van der Waals surface area contributed by atoms with E-state index >= 15 is 0 Å². The highest BCUT2D eigenvalue weighted by Crippen LogP contribution is 2.38. The number of anilines is 2. The van der Waals surface area contributed by atoms with Crippen LogP contribution in [0.2, 0.25) is 0 Å². The summed E-state index contributed by atoms with van der Waals surface area (Å²) >= 11 is 0. The zero-order chi connectivity index (χ0) is 32.3. The summed E-state index contributed by atoms with van der Waals surface area (Å²) in [7, 11) is 4.36. The number of rotatable bonds is 10. The average molecular weight is 609 g/mol. The molecule has 0 spiro atoms. The first-order valence-electron chi connectivity index (χ1n) is 13.9. The second kappa shape index (κ2) is 15.1. The third-order valence-electron chi connectivity index (χ3n) is 6.93. The molecule has 0 unspecified atom stereocenters. The lowest BCUT2D eigenvalue weighted by molar-refractivity contribution is 0.0974. The maximum absolute atomic E-state index is 13.1. The number of hydrogen-bond acceptors (Lipinski definition) is 8. The normalized spacial score (nSPS) is 11.2. The summed E-state index contributed by atoms with van der Waals surface area (Å²) in [5.41, 5.74) is 4.64. The van der Waals surface area contributed by atoms with Crippen LogP contribution >= 0.6 is 0 Å². The number of benzene rings is 4. The monoisotopic (exact) mass is 608 g/mol. The minimum absolute atomic E-state index is 0.146. The van der Waals surface area contributed by atoms with Crippen molar-refractivity contribution >= 4 is 35.2 Å². The molecule has 0 heterocycles. The summed E-state index contributed by atoms with van der Waals surface area (Å²) in [6.07, 6.45) is 4.89. The van der Waals surface area contributed by atoms with Crippen molar-refractivity contribution in [3.05, 3.63) is 119 Å². The van der Waals surface area contributed by atoms with Gasteiger partial charge in [0.2, 0.25) is 11.7 Å². The highest BCUT2D eigenvalue weighted by Gasteiger charge is 2.20. The SMILES string of the molecule is COc1cc(C(=O)NC(=NN)N(N)c2ccc(C)c(NC(=O)c3ccc(C/C=C/c4ccccc4)cc3)c2)cc(OC)c1OC. The van der Waals surface area contributed by atoms with Crippen LogP contribution in [0.25, 0.3) is 6.08 Å². The van der Waals surface area contributed by atoms with E-state index < -0.39 is 5.91 Å². The van der Waals surface area contributed by atoms with Crippen molar-refractivity contribution in [2.75, 3.05) is 31.7 Å². The van der Waals surface area contributed by atoms with Crippen LogP contribution in [0.4, 0.5) is 11.4 Å². The summed E-state index contributed by atoms with van der Waals surface area (Å²) in [4.78, 5) is 26.2. The third-order valence-corrected chi connectivity index (χ3v) is 6.93. The van der Waals surface area contributed by atoms with Gasteiger partial charge in [-0.1, -0.05) is 60.7 Å². The van der Waals surface area contributed by atoms with E-state index in [4.69, 9.17) is 25.9 Å². The van der Waals surface area contributed by atoms with Crippen molar-refractivity contribution in [1.82, 2.24) is 5.32 Å². The number of hydrazine groups is 1. The quantitative estimate of drug-likeness (QED) is 0.0861. The van der Waals surface area contributed by atoms with Gasteiger partial charge in [-0.25, -0.2) is 10.9 Å². The largest absolute Gasteiger partial charge is 0.493 e. The number of carbonyl (C=O) groups is 2. The fourth-order valence-electron chi connectivity index (χ4n) is 4.44. The number of amides is 2. The number of hydrogen-bond donors (Lipinski definition) is 4. The fraction of sp³-hybridized carbons (Fsp3) is 0.147. The number of guanidine groups is 1. The summed E-state index contributed by atoms with van der Waals surface area (Å²) < 4.78 is 16.0. The van der Waals surface area contributed by atoms with Crippen LogP contribution in [0.3, 0.4) is 0 Å². The van der Waals surface area contributed by atoms with E-state index in [-0.39, 0.29) is 17.4 Å². The van der Waals surface area contributed by atoms with Gasteiger partial charge in [0.25, 0.3) is 11.8 Å². The van der Waals surface area contributed by atoms with Gasteiger partial charge in [0, 0.05) is 16.8 Å². The van der Waals surface area contributed by atoms with Crippen LogP contribution in [0, 0.1) is 6.92 Å². The minimum Gasteiger partial charge on any atom is -0.493 e. The zero-order valence-corrected chi connectivity index (χ0v) is 25.5. The molecule has 0 fully saturated rings. The summed E-state index contributed by atoms with van der Waals surface area (Å²) in [5, 5.41) is 10.3. The van der Waals surface area contributed by atoms with Crippen LogP contribution in [-0.4, -0.2) is 39.1 Å². The van der Waals surface area contributed by atoms with Gasteiger partial charge in [-0.2, -0.15) is 0 Å². The van der Waals surface area contributed by atoms with Gasteiger partial charge in [0.15, 0.2) is 11.5 Å². The van der Waals surface area contributed by atoms with Crippen molar-refractivity contribution in [3.63, 3.8) is 0 Å². The number of allylic oxidation sites excluding steroid dienone is 1. The molecule has 11 nitrogen and oxygen atoms in total. The number of carbonyl (C=O) groups excluding carboxylic acids is 2. The van der Waals surface area contributed by atoms with Gasteiger partial charge < -0.3 is 25.4 Å². The van der Waals surface area contributed by atoms with E-state index in [2.05, 4.69) is 27.9 Å². The van der Waals surface area contributed by atoms with Gasteiger partial charge in [0.05, 0.1) is 27.0 Å². The Morgan fingerprint density at radius 2 is 1.51 bits per heavy atom. The Labute approximate surface area is 262 Å². The van der Waals surface area contributed by atoms with Crippen LogP contribution < -0.4 is 41.5 Å². The lowest BCUT2D eigenvalue weighted by Crippen LogP contribution is -2.49. The Balaban J connectivity index is 1.44. The predicted molar refractivity (Wildman–Crippen MR) is 177 cm³/mol. The van der Waals surface area contributed by atoms with E-state index in [9.17, 15) is 9.59 Å². The van der Waals surface area contributed by atoms with E-state index in [0.29, 0.717) is 34.2 Å². The van der Waals surface area contributed by atoms with Gasteiger partial charge in [-0.05, 0) is 66.4 Å². The number of nitrogens with zero attached hydrogens (tertiary/aromatic N) is 2. The summed E-state index contributed by atoms with van der Waals surface area (Å²) in [6.45, 7) is 1.85. The Morgan fingerprint density at radius 1 is 0.844 bits per heavy atom. The zero-order valence-electron chi connectivity index (χ0n) is 25.5. The maximum Gasteiger partial charge on any atom is 0.258 e. The van der Waals surface area contributed by atoms with Crippen molar-refractivity contribution < 1.29 is 23.8 Å². The van der Waals surface area contributed by atoms with Gasteiger partial charge in [0.1, 0.15) is 0 Å². The van der Waals surface area contributed by atoms with Crippen molar-refractivity contribution in [2.24, 2.45) is 16.8 Å². The third kappa shape index (κ3) is 7.98. The lowest BCUT2D eigenvalue weighted by atomic mass is 10.1. The Bertz CT molecular complexity index is 1680. The first kappa shape index (κ1) is 32.1. The van der Waals surface area contributed by atoms with Gasteiger partial charge >= 0.3 is 0 Å². The molecule has 0 radical (unpaired) electrons. The Hall–Kier alpha value is -5.81. The molecule has 4 rings (SSSR count). The molecule has 0 saturated carbocycles. The molecule has 4 aromatic rings. The summed E-state index contributed by atoms with van der Waals surface area (Å²) in [5.74, 6) is 11.8. The number of aryl methyl sites for hydroxylation is 1. The number of methoxy groups -OCH3 is 3. The highest BCUT2D eigenvalue weighted by atomic mass is 16.5. The predicted octanol–water partition coefficient (Wildman–Crippen LogP) is 4.87. The average Bonchev–Trinajstić information content (AvgIpc) is 3.07. The van der Waals surface area contributed by atoms with Gasteiger partial charge in [-0.3, -0.25) is 14.9 Å². The topological polar surface area (TPSA) is 154 Å². The molecule has 0 aliphatic rings. The number of nitrogens with one attached hydrogen (secondary N) is 2. The van der Waals surface area contributed by atoms with E-state index in [0.717, 1.165) is 28.1 Å². The van der Waals surface area contributed by atoms with Crippen LogP contribution in [0.15, 0.2) is 96.1 Å². The molecule has 0 saturated heterocycles. The first-order chi connectivity index (χ1) is 21.8. The van der Waals surface area contributed by atoms with Crippen molar-refractivity contribution in [1.29, 1.82) is 0 Å². The fourth-order valence-corrected chi connectivity index (χ4v) is 4.44. The maximum atomic E-state index is 13.1. The molecule has 0 atom stereocenters. The van der Waals surface area contributed by atoms with Crippen LogP contribution in [-0.2, 0) is 6.42 Å².